The number of hydrogen-bond donors (Lipinski definition) is 1. The van der Waals surface area contributed by atoms with E-state index in [4.69, 9.17) is 11.6 Å². The van der Waals surface area contributed by atoms with Crippen LogP contribution in [0.4, 0.5) is 11.4 Å². The van der Waals surface area contributed by atoms with E-state index >= 15 is 0 Å². The predicted molar refractivity (Wildman–Crippen MR) is 116 cm³/mol. The molecule has 7 heteroatoms. The van der Waals surface area contributed by atoms with Gasteiger partial charge in [0.15, 0.2) is 5.17 Å². The minimum Gasteiger partial charge on any atom is -0.325 e. The van der Waals surface area contributed by atoms with Gasteiger partial charge in [-0.15, -0.1) is 0 Å². The second kappa shape index (κ2) is 8.80. The van der Waals surface area contributed by atoms with Gasteiger partial charge in [-0.3, -0.25) is 14.5 Å². The zero-order valence-electron chi connectivity index (χ0n) is 16.0. The number of hydrogen-bond acceptors (Lipinski definition) is 4. The zero-order chi connectivity index (χ0) is 20.3. The second-order valence-electron chi connectivity index (χ2n) is 6.63. The minimum absolute atomic E-state index is 0.102. The summed E-state index contributed by atoms with van der Waals surface area (Å²) in [5.41, 5.74) is 3.57. The van der Waals surface area contributed by atoms with Crippen LogP contribution in [0.2, 0.25) is 5.02 Å². The van der Waals surface area contributed by atoms with E-state index in [2.05, 4.69) is 10.3 Å². The SMILES string of the molecule is CCN1C(=O)CC(C(=O)Nc2ccc(C)cc2C)SC1=Nc1ccc(Cl)cc1. The number of carbonyl (C=O) groups is 2. The van der Waals surface area contributed by atoms with Crippen LogP contribution in [0, 0.1) is 13.8 Å². The molecule has 2 amide bonds. The molecule has 146 valence electrons. The van der Waals surface area contributed by atoms with Crippen LogP contribution in [0.3, 0.4) is 0 Å². The van der Waals surface area contributed by atoms with Gasteiger partial charge >= 0.3 is 0 Å². The monoisotopic (exact) mass is 415 g/mol. The van der Waals surface area contributed by atoms with Gasteiger partial charge in [-0.1, -0.05) is 41.1 Å². The molecular formula is C21H22ClN3O2S. The maximum Gasteiger partial charge on any atom is 0.238 e. The van der Waals surface area contributed by atoms with Crippen molar-refractivity contribution in [1.82, 2.24) is 4.90 Å². The van der Waals surface area contributed by atoms with E-state index in [9.17, 15) is 9.59 Å². The third-order valence-corrected chi connectivity index (χ3v) is 5.88. The lowest BCUT2D eigenvalue weighted by molar-refractivity contribution is -0.129. The number of halogens is 1. The number of nitrogens with one attached hydrogen (secondary N) is 1. The van der Waals surface area contributed by atoms with Crippen molar-refractivity contribution in [3.63, 3.8) is 0 Å². The third-order valence-electron chi connectivity index (χ3n) is 4.44. The van der Waals surface area contributed by atoms with E-state index in [1.54, 1.807) is 29.2 Å². The summed E-state index contributed by atoms with van der Waals surface area (Å²) in [4.78, 5) is 31.6. The summed E-state index contributed by atoms with van der Waals surface area (Å²) in [6.07, 6.45) is 0.148. The van der Waals surface area contributed by atoms with Crippen molar-refractivity contribution in [1.29, 1.82) is 0 Å². The van der Waals surface area contributed by atoms with Crippen LogP contribution in [-0.4, -0.2) is 33.7 Å². The number of nitrogens with zero attached hydrogens (tertiary/aromatic N) is 2. The van der Waals surface area contributed by atoms with Gasteiger partial charge in [0.2, 0.25) is 11.8 Å². The molecule has 3 rings (SSSR count). The summed E-state index contributed by atoms with van der Waals surface area (Å²) >= 11 is 7.24. The van der Waals surface area contributed by atoms with Crippen LogP contribution >= 0.6 is 23.4 Å². The van der Waals surface area contributed by atoms with Crippen LogP contribution in [-0.2, 0) is 9.59 Å². The Morgan fingerprint density at radius 1 is 1.25 bits per heavy atom. The molecule has 1 aliphatic heterocycles. The standard InChI is InChI=1S/C21H22ClN3O2S/c1-4-25-19(26)12-18(20(27)24-17-10-5-13(2)11-14(17)3)28-21(25)23-16-8-6-15(22)7-9-16/h5-11,18H,4,12H2,1-3H3,(H,24,27). The normalized spacial score (nSPS) is 18.4. The van der Waals surface area contributed by atoms with Crippen LogP contribution in [0.15, 0.2) is 47.5 Å². The third kappa shape index (κ3) is 4.75. The Kier molecular flexibility index (Phi) is 6.42. The molecule has 0 saturated carbocycles. The first-order chi connectivity index (χ1) is 13.4. The molecule has 0 spiro atoms. The number of anilines is 1. The van der Waals surface area contributed by atoms with E-state index in [0.717, 1.165) is 16.8 Å². The molecule has 0 radical (unpaired) electrons. The molecule has 2 aromatic carbocycles. The van der Waals surface area contributed by atoms with Crippen molar-refractivity contribution in [3.05, 3.63) is 58.6 Å². The van der Waals surface area contributed by atoms with Gasteiger partial charge in [-0.05, 0) is 56.7 Å². The number of amides is 2. The molecule has 1 unspecified atom stereocenters. The number of aliphatic imine (C=N–C) groups is 1. The summed E-state index contributed by atoms with van der Waals surface area (Å²) in [7, 11) is 0. The van der Waals surface area contributed by atoms with Gasteiger partial charge in [0, 0.05) is 23.7 Å². The Morgan fingerprint density at radius 2 is 1.96 bits per heavy atom. The summed E-state index contributed by atoms with van der Waals surface area (Å²) in [6.45, 7) is 6.36. The van der Waals surface area contributed by atoms with Crippen LogP contribution in [0.1, 0.15) is 24.5 Å². The number of thioether (sulfide) groups is 1. The molecule has 1 aliphatic rings. The van der Waals surface area contributed by atoms with E-state index in [1.807, 2.05) is 39.0 Å². The topological polar surface area (TPSA) is 61.8 Å². The van der Waals surface area contributed by atoms with Crippen molar-refractivity contribution in [2.75, 3.05) is 11.9 Å². The van der Waals surface area contributed by atoms with E-state index in [0.29, 0.717) is 22.4 Å². The van der Waals surface area contributed by atoms with Crippen molar-refractivity contribution in [3.8, 4) is 0 Å². The minimum atomic E-state index is -0.526. The Hall–Kier alpha value is -2.31. The first-order valence-electron chi connectivity index (χ1n) is 9.06. The fourth-order valence-electron chi connectivity index (χ4n) is 2.95. The van der Waals surface area contributed by atoms with E-state index < -0.39 is 5.25 Å². The fraction of sp³-hybridized carbons (Fsp3) is 0.286. The highest BCUT2D eigenvalue weighted by molar-refractivity contribution is 8.15. The number of benzene rings is 2. The molecule has 0 aromatic heterocycles. The Bertz CT molecular complexity index is 928. The maximum absolute atomic E-state index is 12.8. The molecule has 1 saturated heterocycles. The van der Waals surface area contributed by atoms with Gasteiger partial charge in [-0.25, -0.2) is 4.99 Å². The fourth-order valence-corrected chi connectivity index (χ4v) is 4.23. The smallest absolute Gasteiger partial charge is 0.238 e. The molecule has 2 aromatic rings. The molecule has 28 heavy (non-hydrogen) atoms. The first kappa shape index (κ1) is 20.4. The first-order valence-corrected chi connectivity index (χ1v) is 10.3. The Morgan fingerprint density at radius 3 is 2.61 bits per heavy atom. The number of rotatable bonds is 4. The average molecular weight is 416 g/mol. The van der Waals surface area contributed by atoms with Crippen LogP contribution in [0.25, 0.3) is 0 Å². The summed E-state index contributed by atoms with van der Waals surface area (Å²) < 4.78 is 0. The lowest BCUT2D eigenvalue weighted by atomic mass is 10.1. The highest BCUT2D eigenvalue weighted by atomic mass is 35.5. The molecule has 0 aliphatic carbocycles. The van der Waals surface area contributed by atoms with E-state index in [-0.39, 0.29) is 18.2 Å². The number of carbonyl (C=O) groups excluding carboxylic acids is 2. The highest BCUT2D eigenvalue weighted by Crippen LogP contribution is 2.30. The van der Waals surface area contributed by atoms with Crippen molar-refractivity contribution in [2.24, 2.45) is 4.99 Å². The highest BCUT2D eigenvalue weighted by Gasteiger charge is 2.35. The molecule has 1 N–H and O–H groups in total. The summed E-state index contributed by atoms with van der Waals surface area (Å²) in [5.74, 6) is -0.292. The summed E-state index contributed by atoms with van der Waals surface area (Å²) in [5, 5.41) is 3.57. The lowest BCUT2D eigenvalue weighted by Crippen LogP contribution is -2.45. The van der Waals surface area contributed by atoms with Crippen molar-refractivity contribution >= 4 is 51.7 Å². The second-order valence-corrected chi connectivity index (χ2v) is 8.23. The van der Waals surface area contributed by atoms with Crippen molar-refractivity contribution < 1.29 is 9.59 Å². The quantitative estimate of drug-likeness (QED) is 0.769. The number of amidine groups is 1. The van der Waals surface area contributed by atoms with Gasteiger partial charge in [0.05, 0.1) is 5.69 Å². The summed E-state index contributed by atoms with van der Waals surface area (Å²) in [6, 6.07) is 12.9. The molecule has 1 atom stereocenters. The zero-order valence-corrected chi connectivity index (χ0v) is 17.6. The Balaban J connectivity index is 1.81. The molecular weight excluding hydrogens is 394 g/mol. The largest absolute Gasteiger partial charge is 0.325 e. The van der Waals surface area contributed by atoms with Crippen molar-refractivity contribution in [2.45, 2.75) is 32.4 Å². The maximum atomic E-state index is 12.8. The lowest BCUT2D eigenvalue weighted by Gasteiger charge is -2.31. The Labute approximate surface area is 174 Å². The van der Waals surface area contributed by atoms with Crippen LogP contribution in [0.5, 0.6) is 0 Å². The van der Waals surface area contributed by atoms with Crippen LogP contribution < -0.4 is 5.32 Å². The van der Waals surface area contributed by atoms with Gasteiger partial charge in [-0.2, -0.15) is 0 Å². The average Bonchev–Trinajstić information content (AvgIpc) is 2.65. The predicted octanol–water partition coefficient (Wildman–Crippen LogP) is 4.94. The van der Waals surface area contributed by atoms with Gasteiger partial charge < -0.3 is 5.32 Å². The molecule has 1 heterocycles. The molecule has 1 fully saturated rings. The van der Waals surface area contributed by atoms with Gasteiger partial charge in [0.1, 0.15) is 5.25 Å². The molecule has 5 nitrogen and oxygen atoms in total. The number of aryl methyl sites for hydroxylation is 2. The van der Waals surface area contributed by atoms with E-state index in [1.165, 1.54) is 11.8 Å². The molecule has 0 bridgehead atoms. The van der Waals surface area contributed by atoms with Gasteiger partial charge in [0.25, 0.3) is 0 Å².